The maximum atomic E-state index is 14.5. The topological polar surface area (TPSA) is 386 Å². The van der Waals surface area contributed by atoms with Gasteiger partial charge in [-0.15, -0.1) is 56.7 Å². The van der Waals surface area contributed by atoms with E-state index < -0.39 is 89.0 Å². The van der Waals surface area contributed by atoms with Crippen molar-refractivity contribution in [1.82, 2.24) is 61.5 Å². The third-order valence-electron chi connectivity index (χ3n) is 12.6. The summed E-state index contributed by atoms with van der Waals surface area (Å²) in [5.74, 6) is -6.66. The number of esters is 1. The van der Waals surface area contributed by atoms with E-state index in [0.29, 0.717) is 22.0 Å². The number of aromatic nitrogens is 7. The molecule has 0 radical (unpaired) electrons. The van der Waals surface area contributed by atoms with Crippen LogP contribution in [-0.2, 0) is 25.7 Å². The second-order valence-corrected chi connectivity index (χ2v) is 23.5. The standard InChI is InChI=1S/C51H43N13O12S6/c1-5-23-46-60-28(14-79-46)41(70)56-25-10-33(67)50(74)76-11-21-7-6-8-24-34(21)18(2)35(54-24)51(75)82-17-31(57-42(71)29-15-80-47(25)61-29)48-58-26(12-78-48)37-22(45-59-30(13-77-45)43(72)64-36(20(4)65)44(73)55-23)9-32(66)38(63-37)49-62-27(16-81-49)40(69)53-19(3)39(52)68/h5-9,12-16,20,25,31,33,36,54,65-67H,3,10-11,17H2,1-2,4H3,(H2,52,68)(H,53,69)(H,55,73)(H,56,70)(H,57,71)(H,64,72)/b23-5-/t20?,25?,31?,33-,36?/m0/s1. The molecule has 0 saturated carbocycles. The number of aliphatic hydroxyl groups excluding tert-OH is 2. The summed E-state index contributed by atoms with van der Waals surface area (Å²) in [5, 5.41) is 55.1. The molecular weight excluding hydrogens is 1180 g/mol. The van der Waals surface area contributed by atoms with Crippen molar-refractivity contribution in [2.45, 2.75) is 64.1 Å². The van der Waals surface area contributed by atoms with Gasteiger partial charge in [0.15, 0.2) is 6.10 Å². The molecule has 8 aromatic rings. The van der Waals surface area contributed by atoms with Crippen LogP contribution in [0.3, 0.4) is 0 Å². The number of cyclic esters (lactones) is 1. The van der Waals surface area contributed by atoms with Crippen molar-refractivity contribution in [3.63, 3.8) is 0 Å². The first-order chi connectivity index (χ1) is 39.2. The Balaban J connectivity index is 1.11. The van der Waals surface area contributed by atoms with E-state index in [0.717, 1.165) is 68.4 Å². The molecule has 10 rings (SSSR count). The molecule has 7 aromatic heterocycles. The van der Waals surface area contributed by atoms with Crippen LogP contribution >= 0.6 is 68.4 Å². The zero-order chi connectivity index (χ0) is 58.3. The van der Waals surface area contributed by atoms with Gasteiger partial charge in [0.1, 0.15) is 83.3 Å². The van der Waals surface area contributed by atoms with Gasteiger partial charge in [0.2, 0.25) is 11.0 Å². The number of nitrogens with two attached hydrogens (primary N) is 1. The molecule has 0 saturated heterocycles. The first kappa shape index (κ1) is 56.8. The Bertz CT molecular complexity index is 3990. The summed E-state index contributed by atoms with van der Waals surface area (Å²) >= 11 is 5.73. The molecule has 9 heterocycles. The molecule has 0 fully saturated rings. The number of allylic oxidation sites excluding steroid dienone is 1. The number of thiazole rings is 5. The van der Waals surface area contributed by atoms with E-state index in [-0.39, 0.29) is 99.9 Å². The van der Waals surface area contributed by atoms with E-state index in [1.807, 2.05) is 0 Å². The molecule has 2 aliphatic heterocycles. The predicted molar refractivity (Wildman–Crippen MR) is 305 cm³/mol. The van der Waals surface area contributed by atoms with Crippen LogP contribution in [0.5, 0.6) is 5.75 Å². The molecule has 420 valence electrons. The van der Waals surface area contributed by atoms with Crippen molar-refractivity contribution < 1.29 is 58.4 Å². The van der Waals surface area contributed by atoms with E-state index in [9.17, 15) is 53.7 Å². The summed E-state index contributed by atoms with van der Waals surface area (Å²) in [6.45, 7) is 7.74. The average molecular weight is 1220 g/mol. The van der Waals surface area contributed by atoms with Gasteiger partial charge in [0.05, 0.1) is 35.3 Å². The highest BCUT2D eigenvalue weighted by atomic mass is 32.2. The highest BCUT2D eigenvalue weighted by Gasteiger charge is 2.33. The summed E-state index contributed by atoms with van der Waals surface area (Å²) in [4.78, 5) is 140. The number of primary amides is 1. The van der Waals surface area contributed by atoms with E-state index in [2.05, 4.69) is 58.1 Å². The number of nitrogens with zero attached hydrogens (tertiary/aromatic N) is 6. The molecule has 6 amide bonds. The van der Waals surface area contributed by atoms with Gasteiger partial charge in [-0.25, -0.2) is 34.7 Å². The third kappa shape index (κ3) is 11.7. The van der Waals surface area contributed by atoms with E-state index >= 15 is 0 Å². The van der Waals surface area contributed by atoms with Gasteiger partial charge in [-0.1, -0.05) is 36.5 Å². The van der Waals surface area contributed by atoms with Crippen LogP contribution in [0.15, 0.2) is 69.5 Å². The number of benzene rings is 1. The van der Waals surface area contributed by atoms with Gasteiger partial charge in [-0.2, -0.15) is 0 Å². The number of nitrogens with one attached hydrogen (secondary N) is 6. The minimum atomic E-state index is -1.84. The molecule has 0 spiro atoms. The highest BCUT2D eigenvalue weighted by molar-refractivity contribution is 8.14. The van der Waals surface area contributed by atoms with Gasteiger partial charge in [0, 0.05) is 55.5 Å². The maximum Gasteiger partial charge on any atom is 0.335 e. The molecule has 12 bridgehead atoms. The number of thioether (sulfide) groups is 1. The molecule has 11 N–H and O–H groups in total. The van der Waals surface area contributed by atoms with Crippen LogP contribution in [0.1, 0.15) is 111 Å². The number of aromatic hydroxyl groups is 1. The van der Waals surface area contributed by atoms with Gasteiger partial charge in [-0.3, -0.25) is 33.6 Å². The summed E-state index contributed by atoms with van der Waals surface area (Å²) in [6.07, 6.45) is -2.29. The molecule has 0 aliphatic carbocycles. The molecule has 5 atom stereocenters. The Hall–Kier alpha value is -8.43. The fourth-order valence-corrected chi connectivity index (χ4v) is 13.6. The minimum absolute atomic E-state index is 0.0405. The fourth-order valence-electron chi connectivity index (χ4n) is 8.44. The molecule has 1 aromatic carbocycles. The highest BCUT2D eigenvalue weighted by Crippen LogP contribution is 2.42. The van der Waals surface area contributed by atoms with Crippen molar-refractivity contribution >= 4 is 132 Å². The molecule has 31 heteroatoms. The lowest BCUT2D eigenvalue weighted by molar-refractivity contribution is -0.155. The number of carbonyl (C=O) groups excluding carboxylic acids is 8. The van der Waals surface area contributed by atoms with E-state index in [4.69, 9.17) is 20.4 Å². The van der Waals surface area contributed by atoms with Gasteiger partial charge >= 0.3 is 5.97 Å². The summed E-state index contributed by atoms with van der Waals surface area (Å²) in [7, 11) is 0. The minimum Gasteiger partial charge on any atom is -0.506 e. The lowest BCUT2D eigenvalue weighted by Crippen LogP contribution is -2.52. The molecule has 25 nitrogen and oxygen atoms in total. The Morgan fingerprint density at radius 3 is 2.17 bits per heavy atom. The van der Waals surface area contributed by atoms with Crippen LogP contribution in [0.25, 0.3) is 49.3 Å². The second kappa shape index (κ2) is 23.6. The Labute approximate surface area is 486 Å². The smallest absolute Gasteiger partial charge is 0.335 e. The number of hydrogen-bond acceptors (Lipinski definition) is 24. The van der Waals surface area contributed by atoms with Gasteiger partial charge < -0.3 is 57.4 Å². The quantitative estimate of drug-likeness (QED) is 0.0810. The average Bonchev–Trinajstić information content (AvgIpc) is 4.37. The molecule has 82 heavy (non-hydrogen) atoms. The van der Waals surface area contributed by atoms with Crippen LogP contribution in [-0.4, -0.2) is 121 Å². The maximum absolute atomic E-state index is 14.5. The Kier molecular flexibility index (Phi) is 16.3. The first-order valence-corrected chi connectivity index (χ1v) is 29.7. The van der Waals surface area contributed by atoms with Crippen molar-refractivity contribution in [2.75, 3.05) is 5.75 Å². The number of fused-ring (bicyclic) bond motifs is 13. The number of H-pyrrole nitrogens is 1. The lowest BCUT2D eigenvalue weighted by Gasteiger charge is -2.21. The van der Waals surface area contributed by atoms with Gasteiger partial charge in [-0.05, 0) is 44.0 Å². The van der Waals surface area contributed by atoms with E-state index in [1.165, 1.54) is 40.6 Å². The summed E-state index contributed by atoms with van der Waals surface area (Å²) in [5.41, 5.74) is 6.39. The predicted octanol–water partition coefficient (Wildman–Crippen LogP) is 4.88. The zero-order valence-corrected chi connectivity index (χ0v) is 47.6. The molecule has 2 aliphatic rings. The van der Waals surface area contributed by atoms with Crippen LogP contribution in [0.4, 0.5) is 0 Å². The number of aromatic amines is 1. The monoisotopic (exact) mass is 1220 g/mol. The third-order valence-corrected chi connectivity index (χ3v) is 18.1. The number of pyridine rings is 1. The number of ether oxygens (including phenoxy) is 1. The van der Waals surface area contributed by atoms with Crippen molar-refractivity contribution in [3.8, 4) is 38.4 Å². The lowest BCUT2D eigenvalue weighted by atomic mass is 10.1. The summed E-state index contributed by atoms with van der Waals surface area (Å²) in [6, 6.07) is 2.64. The number of aliphatic hydroxyl groups is 2. The number of carbonyl (C=O) groups is 8. The normalized spacial score (nSPS) is 19.2. The second-order valence-electron chi connectivity index (χ2n) is 18.2. The SMILES string of the molecule is C=C(NC(=O)c1csc(-c2nc3c(cc2O)-c2nc(cs2)C(=O)NC(C(C)O)C(=O)N/C(=C\C)c2nc(cs2)C(=O)NC2C[C@H](O)C(=O)OCc4cccc5[nH]c(c(C)c45)C(=O)SCC(NC(=O)c4csc2n4)c2nc-3cs2)n1)C(N)=O. The number of amides is 6. The first-order valence-electron chi connectivity index (χ1n) is 24.3. The number of hydrogen-bond donors (Lipinski definition) is 10. The van der Waals surface area contributed by atoms with Crippen LogP contribution in [0.2, 0.25) is 0 Å². The van der Waals surface area contributed by atoms with Gasteiger partial charge in [0.25, 0.3) is 29.5 Å². The van der Waals surface area contributed by atoms with Crippen LogP contribution < -0.4 is 32.3 Å². The number of rotatable bonds is 5. The zero-order valence-electron chi connectivity index (χ0n) is 42.7. The fraction of sp³-hybridized carbons (Fsp3) is 0.216. The van der Waals surface area contributed by atoms with Crippen LogP contribution in [0, 0.1) is 6.92 Å². The molecular formula is C51H43N13O12S6. The summed E-state index contributed by atoms with van der Waals surface area (Å²) < 4.78 is 5.63. The van der Waals surface area contributed by atoms with Crippen molar-refractivity contribution in [1.29, 1.82) is 0 Å². The van der Waals surface area contributed by atoms with E-state index in [1.54, 1.807) is 37.4 Å². The van der Waals surface area contributed by atoms with Crippen molar-refractivity contribution in [3.05, 3.63) is 124 Å². The Morgan fingerprint density at radius 1 is 0.817 bits per heavy atom. The number of aryl methyl sites for hydroxylation is 1. The Morgan fingerprint density at radius 2 is 1.45 bits per heavy atom. The van der Waals surface area contributed by atoms with Crippen molar-refractivity contribution in [2.24, 2.45) is 5.73 Å². The molecule has 4 unspecified atom stereocenters. The largest absolute Gasteiger partial charge is 0.506 e.